The number of benzene rings is 2. The summed E-state index contributed by atoms with van der Waals surface area (Å²) in [5, 5.41) is 2.89. The van der Waals surface area contributed by atoms with E-state index in [1.54, 1.807) is 49.3 Å². The number of carbonyl (C=O) groups excluding carboxylic acids is 2. The number of amides is 2. The highest BCUT2D eigenvalue weighted by atomic mass is 32.2. The van der Waals surface area contributed by atoms with Gasteiger partial charge in [-0.3, -0.25) is 9.59 Å². The van der Waals surface area contributed by atoms with E-state index in [1.807, 2.05) is 31.2 Å². The van der Waals surface area contributed by atoms with Crippen LogP contribution >= 0.6 is 0 Å². The second-order valence-electron chi connectivity index (χ2n) is 8.44. The predicted molar refractivity (Wildman–Crippen MR) is 136 cm³/mol. The molecule has 0 aliphatic heterocycles. The smallest absolute Gasteiger partial charge is 0.242 e. The van der Waals surface area contributed by atoms with E-state index in [9.17, 15) is 18.0 Å². The maximum atomic E-state index is 13.2. The molecule has 0 saturated heterocycles. The molecule has 0 heterocycles. The molecule has 0 aliphatic carbocycles. The van der Waals surface area contributed by atoms with Crippen molar-refractivity contribution in [2.24, 2.45) is 0 Å². The SMILES string of the molecule is CCCCNC(=O)[C@@H](C)N(Cc1cccc(OC)c1)C(=O)CCCN(C)S(=O)(=O)c1ccccc1. The van der Waals surface area contributed by atoms with Crippen molar-refractivity contribution in [2.75, 3.05) is 27.2 Å². The molecule has 35 heavy (non-hydrogen) atoms. The van der Waals surface area contributed by atoms with Crippen molar-refractivity contribution in [3.8, 4) is 5.75 Å². The van der Waals surface area contributed by atoms with E-state index in [-0.39, 0.29) is 36.2 Å². The van der Waals surface area contributed by atoms with E-state index >= 15 is 0 Å². The third-order valence-corrected chi connectivity index (χ3v) is 7.67. The zero-order chi connectivity index (χ0) is 25.8. The van der Waals surface area contributed by atoms with Gasteiger partial charge < -0.3 is 15.0 Å². The van der Waals surface area contributed by atoms with Gasteiger partial charge in [0.05, 0.1) is 12.0 Å². The number of hydrogen-bond acceptors (Lipinski definition) is 5. The van der Waals surface area contributed by atoms with Gasteiger partial charge in [0.25, 0.3) is 0 Å². The van der Waals surface area contributed by atoms with Gasteiger partial charge in [-0.25, -0.2) is 12.7 Å². The summed E-state index contributed by atoms with van der Waals surface area (Å²) in [7, 11) is -0.546. The van der Waals surface area contributed by atoms with E-state index in [1.165, 1.54) is 11.4 Å². The van der Waals surface area contributed by atoms with Gasteiger partial charge in [-0.1, -0.05) is 43.7 Å². The standard InChI is InChI=1S/C26H37N3O5S/c1-5-6-17-27-26(31)21(2)29(20-22-12-10-13-23(19-22)34-4)25(30)16-11-18-28(3)35(32,33)24-14-8-7-9-15-24/h7-10,12-15,19,21H,5-6,11,16-18,20H2,1-4H3,(H,27,31)/t21-/m1/s1. The first kappa shape index (κ1) is 28.3. The Morgan fingerprint density at radius 2 is 1.77 bits per heavy atom. The highest BCUT2D eigenvalue weighted by Crippen LogP contribution is 2.18. The summed E-state index contributed by atoms with van der Waals surface area (Å²) in [6.45, 7) is 4.75. The van der Waals surface area contributed by atoms with Crippen LogP contribution in [-0.4, -0.2) is 62.7 Å². The molecule has 8 nitrogen and oxygen atoms in total. The molecule has 192 valence electrons. The van der Waals surface area contributed by atoms with Crippen LogP contribution in [0, 0.1) is 0 Å². The first-order valence-corrected chi connectivity index (χ1v) is 13.4. The molecule has 1 N–H and O–H groups in total. The van der Waals surface area contributed by atoms with Crippen LogP contribution in [-0.2, 0) is 26.2 Å². The normalized spacial score (nSPS) is 12.3. The maximum Gasteiger partial charge on any atom is 0.242 e. The van der Waals surface area contributed by atoms with Crippen LogP contribution in [0.2, 0.25) is 0 Å². The summed E-state index contributed by atoms with van der Waals surface area (Å²) in [6.07, 6.45) is 2.27. The van der Waals surface area contributed by atoms with Gasteiger partial charge in [-0.15, -0.1) is 0 Å². The number of ether oxygens (including phenoxy) is 1. The number of hydrogen-bond donors (Lipinski definition) is 1. The Labute approximate surface area is 209 Å². The lowest BCUT2D eigenvalue weighted by atomic mass is 10.1. The predicted octanol–water partition coefficient (Wildman–Crippen LogP) is 3.43. The van der Waals surface area contributed by atoms with E-state index in [0.29, 0.717) is 18.7 Å². The Balaban J connectivity index is 2.08. The lowest BCUT2D eigenvalue weighted by molar-refractivity contribution is -0.140. The molecule has 0 saturated carbocycles. The van der Waals surface area contributed by atoms with Gasteiger partial charge in [0.2, 0.25) is 21.8 Å². The molecule has 0 fully saturated rings. The van der Waals surface area contributed by atoms with Crippen LogP contribution < -0.4 is 10.1 Å². The summed E-state index contributed by atoms with van der Waals surface area (Å²) in [6, 6.07) is 14.9. The number of unbranched alkanes of at least 4 members (excludes halogenated alkanes) is 1. The fourth-order valence-electron chi connectivity index (χ4n) is 3.58. The molecular formula is C26H37N3O5S. The van der Waals surface area contributed by atoms with Gasteiger partial charge >= 0.3 is 0 Å². The molecule has 0 aliphatic rings. The minimum absolute atomic E-state index is 0.116. The largest absolute Gasteiger partial charge is 0.497 e. The van der Waals surface area contributed by atoms with Gasteiger partial charge in [0.15, 0.2) is 0 Å². The Bertz CT molecular complexity index is 1060. The molecule has 0 aromatic heterocycles. The topological polar surface area (TPSA) is 96.0 Å². The Morgan fingerprint density at radius 1 is 1.06 bits per heavy atom. The fraction of sp³-hybridized carbons (Fsp3) is 0.462. The average Bonchev–Trinajstić information content (AvgIpc) is 2.87. The molecule has 0 bridgehead atoms. The lowest BCUT2D eigenvalue weighted by Crippen LogP contribution is -2.47. The lowest BCUT2D eigenvalue weighted by Gasteiger charge is -2.29. The minimum Gasteiger partial charge on any atom is -0.497 e. The first-order valence-electron chi connectivity index (χ1n) is 11.9. The summed E-state index contributed by atoms with van der Waals surface area (Å²) in [5.41, 5.74) is 0.842. The van der Waals surface area contributed by atoms with Crippen LogP contribution in [0.4, 0.5) is 0 Å². The van der Waals surface area contributed by atoms with Crippen molar-refractivity contribution in [3.05, 3.63) is 60.2 Å². The third-order valence-electron chi connectivity index (χ3n) is 5.80. The van der Waals surface area contributed by atoms with Crippen molar-refractivity contribution < 1.29 is 22.7 Å². The highest BCUT2D eigenvalue weighted by molar-refractivity contribution is 7.89. The van der Waals surface area contributed by atoms with Crippen LogP contribution in [0.3, 0.4) is 0 Å². The summed E-state index contributed by atoms with van der Waals surface area (Å²) < 4.78 is 32.0. The van der Waals surface area contributed by atoms with Gasteiger partial charge in [0.1, 0.15) is 11.8 Å². The van der Waals surface area contributed by atoms with Gasteiger partial charge in [0, 0.05) is 33.1 Å². The zero-order valence-electron chi connectivity index (χ0n) is 21.1. The van der Waals surface area contributed by atoms with E-state index in [4.69, 9.17) is 4.74 Å². The number of methoxy groups -OCH3 is 1. The molecular weight excluding hydrogens is 466 g/mol. The Hall–Kier alpha value is -2.91. The molecule has 2 aromatic carbocycles. The Kier molecular flexibility index (Phi) is 11.2. The average molecular weight is 504 g/mol. The van der Waals surface area contributed by atoms with Crippen molar-refractivity contribution in [2.45, 2.75) is 57.0 Å². The zero-order valence-corrected chi connectivity index (χ0v) is 21.9. The van der Waals surface area contributed by atoms with Crippen molar-refractivity contribution in [1.29, 1.82) is 0 Å². The molecule has 2 aromatic rings. The van der Waals surface area contributed by atoms with Crippen molar-refractivity contribution in [3.63, 3.8) is 0 Å². The fourth-order valence-corrected chi connectivity index (χ4v) is 4.81. The maximum absolute atomic E-state index is 13.2. The minimum atomic E-state index is -3.63. The molecule has 0 unspecified atom stereocenters. The van der Waals surface area contributed by atoms with Gasteiger partial charge in [-0.2, -0.15) is 0 Å². The molecule has 0 spiro atoms. The van der Waals surface area contributed by atoms with Crippen molar-refractivity contribution >= 4 is 21.8 Å². The number of sulfonamides is 1. The molecule has 2 rings (SSSR count). The van der Waals surface area contributed by atoms with Crippen LogP contribution in [0.25, 0.3) is 0 Å². The van der Waals surface area contributed by atoms with Crippen LogP contribution in [0.15, 0.2) is 59.5 Å². The second-order valence-corrected chi connectivity index (χ2v) is 10.5. The number of nitrogens with one attached hydrogen (secondary N) is 1. The third kappa shape index (κ3) is 8.36. The molecule has 9 heteroatoms. The number of nitrogens with zero attached hydrogens (tertiary/aromatic N) is 2. The summed E-state index contributed by atoms with van der Waals surface area (Å²) in [4.78, 5) is 27.7. The monoisotopic (exact) mass is 503 g/mol. The summed E-state index contributed by atoms with van der Waals surface area (Å²) >= 11 is 0. The molecule has 0 radical (unpaired) electrons. The van der Waals surface area contributed by atoms with Gasteiger partial charge in [-0.05, 0) is 49.6 Å². The van der Waals surface area contributed by atoms with E-state index in [0.717, 1.165) is 18.4 Å². The van der Waals surface area contributed by atoms with Crippen LogP contribution in [0.5, 0.6) is 5.75 Å². The Morgan fingerprint density at radius 3 is 2.43 bits per heavy atom. The first-order chi connectivity index (χ1) is 16.7. The van der Waals surface area contributed by atoms with E-state index in [2.05, 4.69) is 5.32 Å². The quantitative estimate of drug-likeness (QED) is 0.399. The second kappa shape index (κ2) is 13.8. The molecule has 1 atom stereocenters. The number of carbonyl (C=O) groups is 2. The van der Waals surface area contributed by atoms with Crippen LogP contribution in [0.1, 0.15) is 45.1 Å². The molecule has 2 amide bonds. The van der Waals surface area contributed by atoms with Crippen molar-refractivity contribution in [1.82, 2.24) is 14.5 Å². The number of rotatable bonds is 14. The summed E-state index contributed by atoms with van der Waals surface area (Å²) in [5.74, 6) is 0.248. The van der Waals surface area contributed by atoms with E-state index < -0.39 is 16.1 Å². The highest BCUT2D eigenvalue weighted by Gasteiger charge is 2.26.